The van der Waals surface area contributed by atoms with E-state index < -0.39 is 10.0 Å². The van der Waals surface area contributed by atoms with Crippen molar-refractivity contribution in [1.29, 1.82) is 0 Å². The summed E-state index contributed by atoms with van der Waals surface area (Å²) in [6, 6.07) is 3.24. The van der Waals surface area contributed by atoms with Crippen LogP contribution in [0.1, 0.15) is 39.5 Å². The van der Waals surface area contributed by atoms with E-state index in [1.807, 2.05) is 13.8 Å². The maximum absolute atomic E-state index is 12.5. The van der Waals surface area contributed by atoms with Crippen molar-refractivity contribution in [3.63, 3.8) is 0 Å². The molecule has 0 saturated heterocycles. The second-order valence-electron chi connectivity index (χ2n) is 4.97. The monoisotopic (exact) mass is 283 g/mol. The maximum atomic E-state index is 12.5. The fraction of sp³-hybridized carbons (Fsp3) is 0.615. The summed E-state index contributed by atoms with van der Waals surface area (Å²) in [4.78, 5) is 4.34. The molecule has 5 nitrogen and oxygen atoms in total. The van der Waals surface area contributed by atoms with E-state index >= 15 is 0 Å². The molecule has 2 rings (SSSR count). The van der Waals surface area contributed by atoms with Gasteiger partial charge in [0.2, 0.25) is 10.0 Å². The van der Waals surface area contributed by atoms with Gasteiger partial charge >= 0.3 is 0 Å². The largest absolute Gasteiger partial charge is 0.369 e. The van der Waals surface area contributed by atoms with Gasteiger partial charge in [-0.05, 0) is 44.7 Å². The SMILES string of the molecule is CCNc1ncccc1S(=O)(=O)NC1(CC)CCC1. The lowest BCUT2D eigenvalue weighted by atomic mass is 9.76. The fourth-order valence-electron chi connectivity index (χ4n) is 2.38. The normalized spacial score (nSPS) is 17.8. The first kappa shape index (κ1) is 14.3. The Bertz CT molecular complexity index is 533. The first-order valence-electron chi connectivity index (χ1n) is 6.76. The van der Waals surface area contributed by atoms with Crippen LogP contribution in [0, 0.1) is 0 Å². The van der Waals surface area contributed by atoms with Gasteiger partial charge in [-0.2, -0.15) is 0 Å². The lowest BCUT2D eigenvalue weighted by Crippen LogP contribution is -2.52. The van der Waals surface area contributed by atoms with Gasteiger partial charge in [0.05, 0.1) is 0 Å². The maximum Gasteiger partial charge on any atom is 0.244 e. The van der Waals surface area contributed by atoms with Gasteiger partial charge in [-0.3, -0.25) is 0 Å². The van der Waals surface area contributed by atoms with Gasteiger partial charge in [0.1, 0.15) is 10.7 Å². The summed E-state index contributed by atoms with van der Waals surface area (Å²) in [5.41, 5.74) is -0.252. The van der Waals surface area contributed by atoms with E-state index in [9.17, 15) is 8.42 Å². The van der Waals surface area contributed by atoms with Crippen LogP contribution >= 0.6 is 0 Å². The number of hydrogen-bond acceptors (Lipinski definition) is 4. The quantitative estimate of drug-likeness (QED) is 0.839. The lowest BCUT2D eigenvalue weighted by molar-refractivity contribution is 0.214. The Morgan fingerprint density at radius 1 is 1.37 bits per heavy atom. The molecule has 0 spiro atoms. The molecule has 1 aliphatic carbocycles. The third-order valence-corrected chi connectivity index (χ3v) is 5.35. The molecule has 0 unspecified atom stereocenters. The molecule has 1 fully saturated rings. The zero-order valence-electron chi connectivity index (χ0n) is 11.4. The minimum absolute atomic E-state index is 0.233. The van der Waals surface area contributed by atoms with Crippen LogP contribution in [0.15, 0.2) is 23.2 Å². The Kier molecular flexibility index (Phi) is 4.10. The van der Waals surface area contributed by atoms with Crippen LogP contribution < -0.4 is 10.0 Å². The number of pyridine rings is 1. The third kappa shape index (κ3) is 2.90. The highest BCUT2D eigenvalue weighted by Crippen LogP contribution is 2.36. The molecule has 0 bridgehead atoms. The van der Waals surface area contributed by atoms with Crippen molar-refractivity contribution in [3.8, 4) is 0 Å². The van der Waals surface area contributed by atoms with Crippen LogP contribution in [0.25, 0.3) is 0 Å². The summed E-state index contributed by atoms with van der Waals surface area (Å²) >= 11 is 0. The molecular formula is C13H21N3O2S. The molecule has 1 aromatic heterocycles. The Balaban J connectivity index is 2.29. The highest BCUT2D eigenvalue weighted by Gasteiger charge is 2.39. The number of hydrogen-bond donors (Lipinski definition) is 2. The van der Waals surface area contributed by atoms with Crippen molar-refractivity contribution < 1.29 is 8.42 Å². The summed E-state index contributed by atoms with van der Waals surface area (Å²) in [6.45, 7) is 4.58. The standard InChI is InChI=1S/C13H21N3O2S/c1-3-13(8-6-9-13)16-19(17,18)11-7-5-10-15-12(11)14-4-2/h5,7,10,16H,3-4,6,8-9H2,1-2H3,(H,14,15). The first-order valence-corrected chi connectivity index (χ1v) is 8.24. The van der Waals surface area contributed by atoms with Gasteiger partial charge in [0, 0.05) is 18.3 Å². The van der Waals surface area contributed by atoms with Gasteiger partial charge in [0.25, 0.3) is 0 Å². The van der Waals surface area contributed by atoms with Gasteiger partial charge < -0.3 is 5.32 Å². The number of aromatic nitrogens is 1. The third-order valence-electron chi connectivity index (χ3n) is 3.74. The van der Waals surface area contributed by atoms with Crippen LogP contribution in [0.4, 0.5) is 5.82 Å². The fourth-order valence-corrected chi connectivity index (χ4v) is 4.04. The Hall–Kier alpha value is -1.14. The van der Waals surface area contributed by atoms with Gasteiger partial charge in [-0.15, -0.1) is 0 Å². The molecule has 106 valence electrons. The van der Waals surface area contributed by atoms with Crippen LogP contribution in [0.5, 0.6) is 0 Å². The molecule has 2 N–H and O–H groups in total. The number of nitrogens with zero attached hydrogens (tertiary/aromatic N) is 1. The molecule has 0 radical (unpaired) electrons. The zero-order chi connectivity index (χ0) is 13.9. The molecule has 1 saturated carbocycles. The van der Waals surface area contributed by atoms with E-state index in [0.717, 1.165) is 25.7 Å². The lowest BCUT2D eigenvalue weighted by Gasteiger charge is -2.41. The number of anilines is 1. The molecule has 6 heteroatoms. The van der Waals surface area contributed by atoms with E-state index in [2.05, 4.69) is 15.0 Å². The highest BCUT2D eigenvalue weighted by molar-refractivity contribution is 7.89. The van der Waals surface area contributed by atoms with E-state index in [0.29, 0.717) is 12.4 Å². The summed E-state index contributed by atoms with van der Waals surface area (Å²) in [6.07, 6.45) is 5.33. The van der Waals surface area contributed by atoms with E-state index in [1.165, 1.54) is 0 Å². The van der Waals surface area contributed by atoms with Gasteiger partial charge in [0.15, 0.2) is 0 Å². The Morgan fingerprint density at radius 2 is 2.11 bits per heavy atom. The molecule has 0 amide bonds. The van der Waals surface area contributed by atoms with Gasteiger partial charge in [-0.25, -0.2) is 18.1 Å². The highest BCUT2D eigenvalue weighted by atomic mass is 32.2. The average molecular weight is 283 g/mol. The van der Waals surface area contributed by atoms with Crippen molar-refractivity contribution in [2.75, 3.05) is 11.9 Å². The van der Waals surface area contributed by atoms with Crippen LogP contribution in [0.2, 0.25) is 0 Å². The molecule has 19 heavy (non-hydrogen) atoms. The molecular weight excluding hydrogens is 262 g/mol. The van der Waals surface area contributed by atoms with Gasteiger partial charge in [-0.1, -0.05) is 6.92 Å². The van der Waals surface area contributed by atoms with Crippen LogP contribution in [-0.4, -0.2) is 25.5 Å². The Labute approximate surface area is 114 Å². The van der Waals surface area contributed by atoms with E-state index in [-0.39, 0.29) is 10.4 Å². The number of nitrogens with one attached hydrogen (secondary N) is 2. The number of rotatable bonds is 6. The predicted octanol–water partition coefficient (Wildman–Crippen LogP) is 2.12. The van der Waals surface area contributed by atoms with Crippen LogP contribution in [-0.2, 0) is 10.0 Å². The molecule has 1 heterocycles. The summed E-state index contributed by atoms with van der Waals surface area (Å²) in [5, 5.41) is 2.99. The molecule has 0 aliphatic heterocycles. The molecule has 0 aromatic carbocycles. The van der Waals surface area contributed by atoms with Crippen LogP contribution in [0.3, 0.4) is 0 Å². The van der Waals surface area contributed by atoms with E-state index in [4.69, 9.17) is 0 Å². The Morgan fingerprint density at radius 3 is 2.63 bits per heavy atom. The summed E-state index contributed by atoms with van der Waals surface area (Å²) in [5.74, 6) is 0.420. The zero-order valence-corrected chi connectivity index (χ0v) is 12.3. The second kappa shape index (κ2) is 5.46. The minimum atomic E-state index is -3.52. The van der Waals surface area contributed by atoms with E-state index in [1.54, 1.807) is 18.3 Å². The van der Waals surface area contributed by atoms with Crippen molar-refractivity contribution >= 4 is 15.8 Å². The average Bonchev–Trinajstić information content (AvgIpc) is 2.35. The number of sulfonamides is 1. The molecule has 1 aromatic rings. The minimum Gasteiger partial charge on any atom is -0.369 e. The summed E-state index contributed by atoms with van der Waals surface area (Å²) < 4.78 is 27.9. The predicted molar refractivity (Wildman–Crippen MR) is 75.6 cm³/mol. The second-order valence-corrected chi connectivity index (χ2v) is 6.62. The van der Waals surface area contributed by atoms with Crippen molar-refractivity contribution in [1.82, 2.24) is 9.71 Å². The first-order chi connectivity index (χ1) is 9.03. The molecule has 1 aliphatic rings. The van der Waals surface area contributed by atoms with Crippen molar-refractivity contribution in [2.24, 2.45) is 0 Å². The van der Waals surface area contributed by atoms with Crippen molar-refractivity contribution in [3.05, 3.63) is 18.3 Å². The summed E-state index contributed by atoms with van der Waals surface area (Å²) in [7, 11) is -3.52. The smallest absolute Gasteiger partial charge is 0.244 e. The van der Waals surface area contributed by atoms with Crippen molar-refractivity contribution in [2.45, 2.75) is 50.0 Å². The molecule has 0 atom stereocenters. The topological polar surface area (TPSA) is 71.1 Å².